The Morgan fingerprint density at radius 2 is 1.62 bits per heavy atom. The molecule has 1 aromatic rings. The van der Waals surface area contributed by atoms with Gasteiger partial charge < -0.3 is 14.4 Å². The second-order valence-electron chi connectivity index (χ2n) is 5.58. The summed E-state index contributed by atoms with van der Waals surface area (Å²) in [6.45, 7) is 5.81. The van der Waals surface area contributed by atoms with Crippen molar-refractivity contribution < 1.29 is 9.47 Å². The molecule has 1 rings (SSSR count). The van der Waals surface area contributed by atoms with Gasteiger partial charge in [-0.2, -0.15) is 0 Å². The Balaban J connectivity index is 2.11. The van der Waals surface area contributed by atoms with E-state index in [1.54, 1.807) is 7.11 Å². The average molecular weight is 293 g/mol. The highest BCUT2D eigenvalue weighted by molar-refractivity contribution is 5.27. The van der Waals surface area contributed by atoms with Gasteiger partial charge in [0.15, 0.2) is 0 Å². The Kier molecular flexibility index (Phi) is 9.92. The van der Waals surface area contributed by atoms with Crippen LogP contribution in [0, 0.1) is 0 Å². The van der Waals surface area contributed by atoms with Crippen molar-refractivity contribution in [3.63, 3.8) is 0 Å². The molecule has 0 fully saturated rings. The fraction of sp³-hybridized carbons (Fsp3) is 0.667. The fourth-order valence-electron chi connectivity index (χ4n) is 2.41. The van der Waals surface area contributed by atoms with Crippen LogP contribution < -0.4 is 4.74 Å². The Labute approximate surface area is 130 Å². The number of hydrogen-bond acceptors (Lipinski definition) is 3. The summed E-state index contributed by atoms with van der Waals surface area (Å²) >= 11 is 0. The zero-order chi connectivity index (χ0) is 15.3. The van der Waals surface area contributed by atoms with Crippen LogP contribution in [0.1, 0.15) is 44.6 Å². The monoisotopic (exact) mass is 293 g/mol. The van der Waals surface area contributed by atoms with Gasteiger partial charge >= 0.3 is 0 Å². The smallest absolute Gasteiger partial charge is 0.119 e. The van der Waals surface area contributed by atoms with Gasteiger partial charge in [-0.1, -0.05) is 31.4 Å². The quantitative estimate of drug-likeness (QED) is 0.541. The molecule has 0 bridgehead atoms. The van der Waals surface area contributed by atoms with E-state index in [1.165, 1.54) is 37.7 Å². The molecular weight excluding hydrogens is 262 g/mol. The van der Waals surface area contributed by atoms with Crippen molar-refractivity contribution in [2.75, 3.05) is 33.9 Å². The first-order valence-electron chi connectivity index (χ1n) is 8.15. The van der Waals surface area contributed by atoms with Crippen molar-refractivity contribution >= 4 is 0 Å². The van der Waals surface area contributed by atoms with Gasteiger partial charge in [0.1, 0.15) is 5.75 Å². The molecule has 0 saturated heterocycles. The molecule has 0 amide bonds. The molecule has 3 nitrogen and oxygen atoms in total. The number of hydrogen-bond donors (Lipinski definition) is 0. The summed E-state index contributed by atoms with van der Waals surface area (Å²) in [5.74, 6) is 0.958. The molecule has 1 aromatic carbocycles. The normalized spacial score (nSPS) is 11.0. The van der Waals surface area contributed by atoms with Crippen LogP contribution in [-0.4, -0.2) is 38.8 Å². The van der Waals surface area contributed by atoms with Crippen molar-refractivity contribution in [3.8, 4) is 5.75 Å². The minimum atomic E-state index is 0.726. The van der Waals surface area contributed by atoms with Crippen molar-refractivity contribution in [2.45, 2.75) is 45.6 Å². The molecule has 0 aliphatic heterocycles. The lowest BCUT2D eigenvalue weighted by Gasteiger charge is -2.16. The first kappa shape index (κ1) is 18.0. The van der Waals surface area contributed by atoms with E-state index in [9.17, 15) is 0 Å². The molecule has 0 saturated carbocycles. The Morgan fingerprint density at radius 3 is 2.29 bits per heavy atom. The lowest BCUT2D eigenvalue weighted by atomic mass is 10.1. The number of benzene rings is 1. The maximum absolute atomic E-state index is 5.46. The predicted octanol–water partition coefficient (Wildman–Crippen LogP) is 4.11. The van der Waals surface area contributed by atoms with Crippen LogP contribution in [0.15, 0.2) is 24.3 Å². The zero-order valence-corrected chi connectivity index (χ0v) is 13.9. The summed E-state index contributed by atoms with van der Waals surface area (Å²) < 4.78 is 10.5. The van der Waals surface area contributed by atoms with Crippen LogP contribution in [-0.2, 0) is 11.3 Å². The minimum absolute atomic E-state index is 0.726. The largest absolute Gasteiger partial charge is 0.494 e. The first-order chi connectivity index (χ1) is 10.3. The van der Waals surface area contributed by atoms with E-state index >= 15 is 0 Å². The molecule has 0 heterocycles. The Hall–Kier alpha value is -1.06. The van der Waals surface area contributed by atoms with Gasteiger partial charge in [-0.05, 0) is 51.1 Å². The summed E-state index contributed by atoms with van der Waals surface area (Å²) in [6.07, 6.45) is 6.40. The van der Waals surface area contributed by atoms with Crippen LogP contribution in [0.5, 0.6) is 5.75 Å². The third-order valence-corrected chi connectivity index (χ3v) is 3.58. The second kappa shape index (κ2) is 11.6. The standard InChI is InChI=1S/C18H31NO2/c1-4-21-18-12-10-17(11-13-18)16-19(2)14-8-6-5-7-9-15-20-3/h10-13H,4-9,14-16H2,1-3H3. The highest BCUT2D eigenvalue weighted by Crippen LogP contribution is 2.13. The van der Waals surface area contributed by atoms with Gasteiger partial charge in [0.05, 0.1) is 6.61 Å². The molecule has 21 heavy (non-hydrogen) atoms. The number of unbranched alkanes of at least 4 members (excludes halogenated alkanes) is 4. The summed E-state index contributed by atoms with van der Waals surface area (Å²) in [4.78, 5) is 2.39. The molecule has 0 atom stereocenters. The first-order valence-corrected chi connectivity index (χ1v) is 8.15. The van der Waals surface area contributed by atoms with Crippen LogP contribution >= 0.6 is 0 Å². The van der Waals surface area contributed by atoms with Gasteiger partial charge in [0.25, 0.3) is 0 Å². The van der Waals surface area contributed by atoms with E-state index in [4.69, 9.17) is 9.47 Å². The highest BCUT2D eigenvalue weighted by Gasteiger charge is 2.01. The number of methoxy groups -OCH3 is 1. The lowest BCUT2D eigenvalue weighted by Crippen LogP contribution is -2.19. The molecule has 0 radical (unpaired) electrons. The number of ether oxygens (including phenoxy) is 2. The van der Waals surface area contributed by atoms with Crippen molar-refractivity contribution in [1.29, 1.82) is 0 Å². The number of nitrogens with zero attached hydrogens (tertiary/aromatic N) is 1. The van der Waals surface area contributed by atoms with Crippen LogP contribution in [0.2, 0.25) is 0 Å². The molecule has 3 heteroatoms. The number of rotatable bonds is 12. The molecule has 120 valence electrons. The maximum atomic E-state index is 5.46. The van der Waals surface area contributed by atoms with Crippen LogP contribution in [0.25, 0.3) is 0 Å². The van der Waals surface area contributed by atoms with Gasteiger partial charge in [-0.3, -0.25) is 0 Å². The van der Waals surface area contributed by atoms with Gasteiger partial charge in [-0.25, -0.2) is 0 Å². The predicted molar refractivity (Wildman–Crippen MR) is 88.9 cm³/mol. The molecule has 0 aliphatic rings. The van der Waals surface area contributed by atoms with E-state index in [1.807, 2.05) is 6.92 Å². The Morgan fingerprint density at radius 1 is 0.952 bits per heavy atom. The van der Waals surface area contributed by atoms with E-state index < -0.39 is 0 Å². The molecule has 0 unspecified atom stereocenters. The van der Waals surface area contributed by atoms with Crippen LogP contribution in [0.3, 0.4) is 0 Å². The van der Waals surface area contributed by atoms with Crippen molar-refractivity contribution in [1.82, 2.24) is 4.90 Å². The van der Waals surface area contributed by atoms with Gasteiger partial charge in [0.2, 0.25) is 0 Å². The lowest BCUT2D eigenvalue weighted by molar-refractivity contribution is 0.191. The zero-order valence-electron chi connectivity index (χ0n) is 13.9. The molecular formula is C18H31NO2. The fourth-order valence-corrected chi connectivity index (χ4v) is 2.41. The third-order valence-electron chi connectivity index (χ3n) is 3.58. The Bertz CT molecular complexity index is 351. The molecule has 0 N–H and O–H groups in total. The second-order valence-corrected chi connectivity index (χ2v) is 5.58. The van der Waals surface area contributed by atoms with E-state index in [0.717, 1.165) is 32.1 Å². The summed E-state index contributed by atoms with van der Waals surface area (Å²) in [5, 5.41) is 0. The van der Waals surface area contributed by atoms with Crippen molar-refractivity contribution in [2.24, 2.45) is 0 Å². The molecule has 0 aliphatic carbocycles. The van der Waals surface area contributed by atoms with E-state index in [-0.39, 0.29) is 0 Å². The van der Waals surface area contributed by atoms with Crippen LogP contribution in [0.4, 0.5) is 0 Å². The van der Waals surface area contributed by atoms with Gasteiger partial charge in [-0.15, -0.1) is 0 Å². The third kappa shape index (κ3) is 8.74. The SMILES string of the molecule is CCOc1ccc(CN(C)CCCCCCCOC)cc1. The summed E-state index contributed by atoms with van der Waals surface area (Å²) in [6, 6.07) is 8.43. The van der Waals surface area contributed by atoms with E-state index in [0.29, 0.717) is 0 Å². The minimum Gasteiger partial charge on any atom is -0.494 e. The van der Waals surface area contributed by atoms with Gasteiger partial charge in [0, 0.05) is 20.3 Å². The maximum Gasteiger partial charge on any atom is 0.119 e. The average Bonchev–Trinajstić information content (AvgIpc) is 2.49. The topological polar surface area (TPSA) is 21.7 Å². The van der Waals surface area contributed by atoms with E-state index in [2.05, 4.69) is 36.2 Å². The molecule has 0 spiro atoms. The van der Waals surface area contributed by atoms with Crippen molar-refractivity contribution in [3.05, 3.63) is 29.8 Å². The highest BCUT2D eigenvalue weighted by atomic mass is 16.5. The summed E-state index contributed by atoms with van der Waals surface area (Å²) in [5.41, 5.74) is 1.35. The summed E-state index contributed by atoms with van der Waals surface area (Å²) in [7, 11) is 3.97. The molecule has 0 aromatic heterocycles.